The van der Waals surface area contributed by atoms with Gasteiger partial charge in [0.1, 0.15) is 12.0 Å². The zero-order valence-electron chi connectivity index (χ0n) is 19.5. The van der Waals surface area contributed by atoms with Gasteiger partial charge in [0.15, 0.2) is 11.6 Å². The molecular weight excluding hydrogens is 412 g/mol. The van der Waals surface area contributed by atoms with Gasteiger partial charge < -0.3 is 16.0 Å². The predicted molar refractivity (Wildman–Crippen MR) is 128 cm³/mol. The fourth-order valence-electron chi connectivity index (χ4n) is 3.43. The Balaban J connectivity index is 2.28. The smallest absolute Gasteiger partial charge is 0.243 e. The number of hydrogen-bond acceptors (Lipinski definition) is 7. The zero-order valence-corrected chi connectivity index (χ0v) is 20.3. The summed E-state index contributed by atoms with van der Waals surface area (Å²) in [5, 5.41) is 3.20. The Kier molecular flexibility index (Phi) is 8.64. The number of anilines is 4. The molecule has 3 N–H and O–H groups in total. The first-order valence-electron chi connectivity index (χ1n) is 10.8. The summed E-state index contributed by atoms with van der Waals surface area (Å²) in [6.45, 7) is 14.9. The first-order valence-corrected chi connectivity index (χ1v) is 12.3. The Morgan fingerprint density at radius 3 is 2.00 bits per heavy atom. The second kappa shape index (κ2) is 10.8. The van der Waals surface area contributed by atoms with E-state index in [4.69, 9.17) is 5.73 Å². The molecule has 2 rings (SSSR count). The summed E-state index contributed by atoms with van der Waals surface area (Å²) < 4.78 is 26.8. The fraction of sp³-hybridized carbons (Fsp3) is 0.545. The number of rotatable bonds is 11. The quantitative estimate of drug-likeness (QED) is 0.536. The summed E-state index contributed by atoms with van der Waals surface area (Å²) >= 11 is 0. The molecule has 0 bridgehead atoms. The molecule has 0 saturated heterocycles. The predicted octanol–water partition coefficient (Wildman–Crippen LogP) is 3.95. The Hall–Kier alpha value is -2.39. The lowest BCUT2D eigenvalue weighted by Crippen LogP contribution is -2.32. The number of benzene rings is 1. The lowest BCUT2D eigenvalue weighted by Gasteiger charge is -2.28. The summed E-state index contributed by atoms with van der Waals surface area (Å²) in [4.78, 5) is 11.2. The highest BCUT2D eigenvalue weighted by molar-refractivity contribution is 7.89. The van der Waals surface area contributed by atoms with Crippen LogP contribution in [-0.4, -0.2) is 48.9 Å². The number of aromatic nitrogens is 2. The molecule has 1 aromatic carbocycles. The number of sulfonamides is 1. The minimum atomic E-state index is -3.49. The molecule has 0 aliphatic rings. The summed E-state index contributed by atoms with van der Waals surface area (Å²) in [5.74, 6) is 2.14. The molecule has 172 valence electrons. The van der Waals surface area contributed by atoms with Crippen LogP contribution >= 0.6 is 0 Å². The standard InChI is InChI=1S/C22H36N6O2S/c1-7-28(8-2)31(29,30)19-11-9-18(10-12-19)26-21-20(23)22(25-15-24-21)27(13-16(3)4)14-17(5)6/h9-12,15-17H,7-8,13-14,23H2,1-6H3,(H,24,25,26). The molecule has 0 saturated carbocycles. The molecule has 0 fully saturated rings. The first kappa shape index (κ1) is 24.9. The molecule has 9 heteroatoms. The van der Waals surface area contributed by atoms with Crippen LogP contribution in [0, 0.1) is 11.8 Å². The van der Waals surface area contributed by atoms with Crippen LogP contribution in [0.4, 0.5) is 23.0 Å². The third kappa shape index (κ3) is 6.30. The third-order valence-electron chi connectivity index (χ3n) is 4.79. The van der Waals surface area contributed by atoms with Crippen molar-refractivity contribution in [3.05, 3.63) is 30.6 Å². The molecule has 0 aliphatic heterocycles. The minimum absolute atomic E-state index is 0.262. The van der Waals surface area contributed by atoms with Gasteiger partial charge in [-0.15, -0.1) is 0 Å². The Bertz CT molecular complexity index is 931. The lowest BCUT2D eigenvalue weighted by molar-refractivity contribution is 0.445. The molecule has 0 amide bonds. The van der Waals surface area contributed by atoms with Crippen LogP contribution < -0.4 is 16.0 Å². The molecular formula is C22H36N6O2S. The Morgan fingerprint density at radius 2 is 1.52 bits per heavy atom. The molecule has 0 unspecified atom stereocenters. The van der Waals surface area contributed by atoms with Crippen molar-refractivity contribution in [1.82, 2.24) is 14.3 Å². The van der Waals surface area contributed by atoms with E-state index in [9.17, 15) is 8.42 Å². The van der Waals surface area contributed by atoms with Gasteiger partial charge in [-0.25, -0.2) is 18.4 Å². The van der Waals surface area contributed by atoms with E-state index in [1.165, 1.54) is 10.6 Å². The SMILES string of the molecule is CCN(CC)S(=O)(=O)c1ccc(Nc2ncnc(N(CC(C)C)CC(C)C)c2N)cc1. The summed E-state index contributed by atoms with van der Waals surface area (Å²) in [5.41, 5.74) is 7.61. The van der Waals surface area contributed by atoms with Crippen molar-refractivity contribution < 1.29 is 8.42 Å². The van der Waals surface area contributed by atoms with Crippen LogP contribution in [0.25, 0.3) is 0 Å². The van der Waals surface area contributed by atoms with E-state index in [2.05, 4.69) is 47.9 Å². The van der Waals surface area contributed by atoms with Gasteiger partial charge in [0.2, 0.25) is 10.0 Å². The van der Waals surface area contributed by atoms with Crippen molar-refractivity contribution in [2.75, 3.05) is 42.1 Å². The summed E-state index contributed by atoms with van der Waals surface area (Å²) in [7, 11) is -3.49. The van der Waals surface area contributed by atoms with Gasteiger partial charge in [0.25, 0.3) is 0 Å². The molecule has 1 heterocycles. The number of nitrogen functional groups attached to an aromatic ring is 1. The van der Waals surface area contributed by atoms with Gasteiger partial charge in [0.05, 0.1) is 4.90 Å². The van der Waals surface area contributed by atoms with Gasteiger partial charge in [-0.05, 0) is 36.1 Å². The minimum Gasteiger partial charge on any atom is -0.393 e. The van der Waals surface area contributed by atoms with Crippen molar-refractivity contribution in [2.24, 2.45) is 11.8 Å². The number of nitrogens with two attached hydrogens (primary N) is 1. The maximum atomic E-state index is 12.7. The maximum Gasteiger partial charge on any atom is 0.243 e. The van der Waals surface area contributed by atoms with E-state index in [1.54, 1.807) is 24.3 Å². The van der Waals surface area contributed by atoms with E-state index < -0.39 is 10.0 Å². The summed E-state index contributed by atoms with van der Waals surface area (Å²) in [6, 6.07) is 6.63. The molecule has 0 spiro atoms. The van der Waals surface area contributed by atoms with Crippen molar-refractivity contribution >= 4 is 33.0 Å². The highest BCUT2D eigenvalue weighted by Gasteiger charge is 2.21. The normalized spacial score (nSPS) is 12.0. The van der Waals surface area contributed by atoms with E-state index >= 15 is 0 Å². The van der Waals surface area contributed by atoms with Crippen LogP contribution in [0.5, 0.6) is 0 Å². The van der Waals surface area contributed by atoms with Crippen molar-refractivity contribution in [3.63, 3.8) is 0 Å². The topological polar surface area (TPSA) is 104 Å². The average molecular weight is 449 g/mol. The van der Waals surface area contributed by atoms with Crippen LogP contribution in [0.3, 0.4) is 0 Å². The van der Waals surface area contributed by atoms with Crippen LogP contribution in [0.1, 0.15) is 41.5 Å². The number of nitrogens with zero attached hydrogens (tertiary/aromatic N) is 4. The van der Waals surface area contributed by atoms with Gasteiger partial charge >= 0.3 is 0 Å². The van der Waals surface area contributed by atoms with E-state index in [0.717, 1.165) is 13.1 Å². The highest BCUT2D eigenvalue weighted by atomic mass is 32.2. The van der Waals surface area contributed by atoms with Crippen molar-refractivity contribution in [3.8, 4) is 0 Å². The van der Waals surface area contributed by atoms with E-state index in [1.807, 2.05) is 13.8 Å². The molecule has 0 atom stereocenters. The maximum absolute atomic E-state index is 12.7. The first-order chi connectivity index (χ1) is 14.6. The van der Waals surface area contributed by atoms with Gasteiger partial charge in [-0.1, -0.05) is 41.5 Å². The van der Waals surface area contributed by atoms with Crippen molar-refractivity contribution in [1.29, 1.82) is 0 Å². The molecule has 2 aromatic rings. The largest absolute Gasteiger partial charge is 0.393 e. The zero-order chi connectivity index (χ0) is 23.2. The lowest BCUT2D eigenvalue weighted by atomic mass is 10.1. The molecule has 31 heavy (non-hydrogen) atoms. The van der Waals surface area contributed by atoms with Crippen LogP contribution in [-0.2, 0) is 10.0 Å². The van der Waals surface area contributed by atoms with Gasteiger partial charge in [0, 0.05) is 31.9 Å². The van der Waals surface area contributed by atoms with Gasteiger partial charge in [-0.2, -0.15) is 4.31 Å². The highest BCUT2D eigenvalue weighted by Crippen LogP contribution is 2.30. The number of hydrogen-bond donors (Lipinski definition) is 2. The van der Waals surface area contributed by atoms with Crippen LogP contribution in [0.2, 0.25) is 0 Å². The summed E-state index contributed by atoms with van der Waals surface area (Å²) in [6.07, 6.45) is 1.50. The Labute approximate surface area is 186 Å². The molecule has 0 aliphatic carbocycles. The fourth-order valence-corrected chi connectivity index (χ4v) is 4.88. The number of nitrogens with one attached hydrogen (secondary N) is 1. The molecule has 1 aromatic heterocycles. The van der Waals surface area contributed by atoms with Crippen molar-refractivity contribution in [2.45, 2.75) is 46.4 Å². The molecule has 0 radical (unpaired) electrons. The molecule has 8 nitrogen and oxygen atoms in total. The third-order valence-corrected chi connectivity index (χ3v) is 6.86. The second-order valence-corrected chi connectivity index (χ2v) is 10.3. The van der Waals surface area contributed by atoms with E-state index in [0.29, 0.717) is 47.9 Å². The monoisotopic (exact) mass is 448 g/mol. The van der Waals surface area contributed by atoms with Crippen LogP contribution in [0.15, 0.2) is 35.5 Å². The van der Waals surface area contributed by atoms with E-state index in [-0.39, 0.29) is 4.90 Å². The Morgan fingerprint density at radius 1 is 0.968 bits per heavy atom. The average Bonchev–Trinajstić information content (AvgIpc) is 2.69. The second-order valence-electron chi connectivity index (χ2n) is 8.39. The van der Waals surface area contributed by atoms with Gasteiger partial charge in [-0.3, -0.25) is 0 Å².